The lowest BCUT2D eigenvalue weighted by atomic mass is 10.0. The van der Waals surface area contributed by atoms with Crippen LogP contribution in [0, 0.1) is 17.0 Å². The van der Waals surface area contributed by atoms with Crippen LogP contribution in [0.1, 0.15) is 15.9 Å². The number of nitrogens with one attached hydrogen (secondary N) is 1. The summed E-state index contributed by atoms with van der Waals surface area (Å²) in [4.78, 5) is 28.7. The molecule has 1 aromatic heterocycles. The van der Waals surface area contributed by atoms with Gasteiger partial charge >= 0.3 is 0 Å². The van der Waals surface area contributed by atoms with Crippen molar-refractivity contribution in [1.29, 1.82) is 0 Å². The molecule has 0 radical (unpaired) electrons. The molecule has 2 heterocycles. The second-order valence-corrected chi connectivity index (χ2v) is 7.35. The molecule has 4 aromatic rings. The van der Waals surface area contributed by atoms with Crippen molar-refractivity contribution in [3.63, 3.8) is 0 Å². The minimum absolute atomic E-state index is 0.0524. The number of aromatic nitrogens is 1. The number of para-hydroxylation sites is 1. The third kappa shape index (κ3) is 3.47. The van der Waals surface area contributed by atoms with Gasteiger partial charge in [-0.25, -0.2) is 4.98 Å². The average Bonchev–Trinajstić information content (AvgIpc) is 3.27. The lowest BCUT2D eigenvalue weighted by molar-refractivity contribution is -0.385. The number of pyridine rings is 1. The second kappa shape index (κ2) is 7.66. The van der Waals surface area contributed by atoms with Crippen LogP contribution in [0.2, 0.25) is 0 Å². The maximum Gasteiger partial charge on any atom is 0.274 e. The fraction of sp³-hybridized carbons (Fsp3) is 0.0833. The van der Waals surface area contributed by atoms with Crippen LogP contribution >= 0.6 is 0 Å². The summed E-state index contributed by atoms with van der Waals surface area (Å²) in [6, 6.07) is 19.1. The van der Waals surface area contributed by atoms with Crippen LogP contribution in [0.3, 0.4) is 0 Å². The zero-order valence-corrected chi connectivity index (χ0v) is 17.0. The van der Waals surface area contributed by atoms with Crippen LogP contribution in [0.5, 0.6) is 11.5 Å². The standard InChI is InChI=1S/C24H17N3O5/c1-14-6-8-16(11-21(14)27(29)30)25-24(28)18-12-20(26-19-5-3-2-4-17(18)19)15-7-9-22-23(10-15)32-13-31-22/h2-12H,13H2,1H3,(H,25,28). The van der Waals surface area contributed by atoms with Crippen molar-refractivity contribution in [3.8, 4) is 22.8 Å². The van der Waals surface area contributed by atoms with Gasteiger partial charge in [-0.2, -0.15) is 0 Å². The number of carbonyl (C=O) groups excluding carboxylic acids is 1. The minimum Gasteiger partial charge on any atom is -0.454 e. The number of amides is 1. The number of anilines is 1. The van der Waals surface area contributed by atoms with Crippen LogP contribution in [0.25, 0.3) is 22.2 Å². The number of ether oxygens (including phenoxy) is 2. The number of aryl methyl sites for hydroxylation is 1. The summed E-state index contributed by atoms with van der Waals surface area (Å²) in [7, 11) is 0. The van der Waals surface area contributed by atoms with Gasteiger partial charge in [-0.15, -0.1) is 0 Å². The van der Waals surface area contributed by atoms with Crippen LogP contribution < -0.4 is 14.8 Å². The van der Waals surface area contributed by atoms with E-state index in [1.54, 1.807) is 31.2 Å². The predicted octanol–water partition coefficient (Wildman–Crippen LogP) is 5.10. The summed E-state index contributed by atoms with van der Waals surface area (Å²) >= 11 is 0. The topological polar surface area (TPSA) is 104 Å². The normalized spacial score (nSPS) is 12.0. The van der Waals surface area contributed by atoms with Gasteiger partial charge in [-0.1, -0.05) is 24.3 Å². The van der Waals surface area contributed by atoms with Gasteiger partial charge in [0.05, 0.1) is 21.7 Å². The fourth-order valence-electron chi connectivity index (χ4n) is 3.65. The molecule has 1 aliphatic heterocycles. The molecule has 8 heteroatoms. The van der Waals surface area contributed by atoms with Crippen LogP contribution in [-0.4, -0.2) is 22.6 Å². The number of nitro benzene ring substituents is 1. The molecule has 0 unspecified atom stereocenters. The molecule has 0 saturated carbocycles. The summed E-state index contributed by atoms with van der Waals surface area (Å²) in [5, 5.41) is 14.7. The largest absolute Gasteiger partial charge is 0.454 e. The molecule has 0 aliphatic carbocycles. The van der Waals surface area contributed by atoms with Gasteiger partial charge in [0.1, 0.15) is 0 Å². The average molecular weight is 427 g/mol. The summed E-state index contributed by atoms with van der Waals surface area (Å²) in [6.45, 7) is 1.82. The van der Waals surface area contributed by atoms with Gasteiger partial charge in [0.15, 0.2) is 11.5 Å². The van der Waals surface area contributed by atoms with Gasteiger partial charge < -0.3 is 14.8 Å². The number of hydrogen-bond donors (Lipinski definition) is 1. The molecule has 0 atom stereocenters. The number of benzene rings is 3. The van der Waals surface area contributed by atoms with Gasteiger partial charge in [0, 0.05) is 28.3 Å². The molecule has 0 bridgehead atoms. The lowest BCUT2D eigenvalue weighted by Crippen LogP contribution is -2.13. The Kier molecular flexibility index (Phi) is 4.67. The minimum atomic E-state index is -0.468. The van der Waals surface area contributed by atoms with E-state index in [1.165, 1.54) is 6.07 Å². The molecular formula is C24H17N3O5. The molecule has 0 fully saturated rings. The van der Waals surface area contributed by atoms with Crippen LogP contribution in [0.15, 0.2) is 66.7 Å². The Balaban J connectivity index is 1.57. The SMILES string of the molecule is Cc1ccc(NC(=O)c2cc(-c3ccc4c(c3)OCO4)nc3ccccc23)cc1[N+](=O)[O-]. The van der Waals surface area contributed by atoms with Gasteiger partial charge in [-0.05, 0) is 43.3 Å². The number of carbonyl (C=O) groups is 1. The fourth-order valence-corrected chi connectivity index (χ4v) is 3.65. The molecule has 158 valence electrons. The van der Waals surface area contributed by atoms with E-state index < -0.39 is 4.92 Å². The van der Waals surface area contributed by atoms with E-state index in [2.05, 4.69) is 5.32 Å². The number of hydrogen-bond acceptors (Lipinski definition) is 6. The monoisotopic (exact) mass is 427 g/mol. The molecule has 0 spiro atoms. The Morgan fingerprint density at radius 2 is 1.84 bits per heavy atom. The van der Waals surface area contributed by atoms with Gasteiger partial charge in [0.2, 0.25) is 6.79 Å². The van der Waals surface area contributed by atoms with Crippen molar-refractivity contribution in [2.75, 3.05) is 12.1 Å². The van der Waals surface area contributed by atoms with Crippen molar-refractivity contribution in [3.05, 3.63) is 88.0 Å². The van der Waals surface area contributed by atoms with E-state index in [-0.39, 0.29) is 18.4 Å². The number of nitrogens with zero attached hydrogens (tertiary/aromatic N) is 2. The first kappa shape index (κ1) is 19.5. The predicted molar refractivity (Wildman–Crippen MR) is 119 cm³/mol. The third-order valence-corrected chi connectivity index (χ3v) is 5.29. The molecule has 1 N–H and O–H groups in total. The zero-order chi connectivity index (χ0) is 22.2. The quantitative estimate of drug-likeness (QED) is 0.359. The summed E-state index contributed by atoms with van der Waals surface area (Å²) in [6.07, 6.45) is 0. The summed E-state index contributed by atoms with van der Waals surface area (Å²) in [5.41, 5.74) is 3.25. The highest BCUT2D eigenvalue weighted by Gasteiger charge is 2.19. The Morgan fingerprint density at radius 3 is 2.69 bits per heavy atom. The molecule has 1 aliphatic rings. The van der Waals surface area contributed by atoms with Crippen molar-refractivity contribution >= 4 is 28.2 Å². The van der Waals surface area contributed by atoms with Gasteiger partial charge in [0.25, 0.3) is 11.6 Å². The highest BCUT2D eigenvalue weighted by atomic mass is 16.7. The van der Waals surface area contributed by atoms with Crippen molar-refractivity contribution < 1.29 is 19.2 Å². The smallest absolute Gasteiger partial charge is 0.274 e. The molecular weight excluding hydrogens is 410 g/mol. The van der Waals surface area contributed by atoms with Crippen molar-refractivity contribution in [2.45, 2.75) is 6.92 Å². The summed E-state index contributed by atoms with van der Waals surface area (Å²) < 4.78 is 10.8. The Hall–Kier alpha value is -4.46. The number of nitro groups is 1. The summed E-state index contributed by atoms with van der Waals surface area (Å²) in [5.74, 6) is 0.896. The van der Waals surface area contributed by atoms with E-state index >= 15 is 0 Å². The molecule has 32 heavy (non-hydrogen) atoms. The van der Waals surface area contributed by atoms with E-state index in [9.17, 15) is 14.9 Å². The first-order chi connectivity index (χ1) is 15.5. The molecule has 5 rings (SSSR count). The third-order valence-electron chi connectivity index (χ3n) is 5.29. The van der Waals surface area contributed by atoms with Crippen LogP contribution in [0.4, 0.5) is 11.4 Å². The Morgan fingerprint density at radius 1 is 1.03 bits per heavy atom. The number of fused-ring (bicyclic) bond motifs is 2. The highest BCUT2D eigenvalue weighted by molar-refractivity contribution is 6.13. The highest BCUT2D eigenvalue weighted by Crippen LogP contribution is 2.36. The maximum atomic E-state index is 13.2. The maximum absolute atomic E-state index is 13.2. The second-order valence-electron chi connectivity index (χ2n) is 7.35. The lowest BCUT2D eigenvalue weighted by Gasteiger charge is -2.11. The first-order valence-corrected chi connectivity index (χ1v) is 9.86. The molecule has 8 nitrogen and oxygen atoms in total. The van der Waals surface area contributed by atoms with E-state index in [1.807, 2.05) is 36.4 Å². The zero-order valence-electron chi connectivity index (χ0n) is 17.0. The van der Waals surface area contributed by atoms with E-state index in [0.717, 1.165) is 5.56 Å². The van der Waals surface area contributed by atoms with E-state index in [4.69, 9.17) is 14.5 Å². The first-order valence-electron chi connectivity index (χ1n) is 9.86. The van der Waals surface area contributed by atoms with Crippen molar-refractivity contribution in [2.24, 2.45) is 0 Å². The number of rotatable bonds is 4. The van der Waals surface area contributed by atoms with Crippen LogP contribution in [-0.2, 0) is 0 Å². The molecule has 3 aromatic carbocycles. The molecule has 1 amide bonds. The Bertz CT molecular complexity index is 1400. The van der Waals surface area contributed by atoms with Gasteiger partial charge in [-0.3, -0.25) is 14.9 Å². The molecule has 0 saturated heterocycles. The van der Waals surface area contributed by atoms with E-state index in [0.29, 0.717) is 44.9 Å². The van der Waals surface area contributed by atoms with Crippen molar-refractivity contribution in [1.82, 2.24) is 4.98 Å². The Labute approximate surface area is 182 Å².